The first-order valence-corrected chi connectivity index (χ1v) is 4.11. The number of hydrogen-bond donors (Lipinski definition) is 2. The van der Waals surface area contributed by atoms with E-state index in [0.29, 0.717) is 6.54 Å². The minimum atomic E-state index is 0.640. The lowest BCUT2D eigenvalue weighted by molar-refractivity contribution is 0.898. The molecule has 62 valence electrons. The Morgan fingerprint density at radius 3 is 2.45 bits per heavy atom. The number of aliphatic imine (C=N–C) groups is 1. The fourth-order valence-electron chi connectivity index (χ4n) is 1.22. The van der Waals surface area contributed by atoms with Crippen LogP contribution in [0.1, 0.15) is 25.7 Å². The minimum Gasteiger partial charge on any atom is -0.329 e. The van der Waals surface area contributed by atoms with Crippen molar-refractivity contribution in [2.24, 2.45) is 10.7 Å². The van der Waals surface area contributed by atoms with E-state index < -0.39 is 0 Å². The third-order valence-electron chi connectivity index (χ3n) is 1.90. The van der Waals surface area contributed by atoms with E-state index in [-0.39, 0.29) is 0 Å². The first-order valence-electron chi connectivity index (χ1n) is 4.11. The van der Waals surface area contributed by atoms with Crippen LogP contribution in [0.25, 0.3) is 0 Å². The van der Waals surface area contributed by atoms with Gasteiger partial charge in [-0.25, -0.2) is 0 Å². The number of rotatable bonds is 2. The summed E-state index contributed by atoms with van der Waals surface area (Å²) in [5.41, 5.74) is 7.45. The van der Waals surface area contributed by atoms with Crippen LogP contribution in [0, 0.1) is 5.41 Å². The van der Waals surface area contributed by atoms with E-state index in [2.05, 4.69) is 4.99 Å². The van der Waals surface area contributed by atoms with Crippen LogP contribution in [0.4, 0.5) is 0 Å². The fourth-order valence-corrected chi connectivity index (χ4v) is 1.22. The third kappa shape index (κ3) is 2.80. The van der Waals surface area contributed by atoms with Gasteiger partial charge in [0.05, 0.1) is 6.54 Å². The van der Waals surface area contributed by atoms with Crippen LogP contribution in [-0.4, -0.2) is 24.5 Å². The SMILES string of the molecule is N=C1CCC(=NCCN)CC1. The molecule has 0 unspecified atom stereocenters. The van der Waals surface area contributed by atoms with E-state index in [1.807, 2.05) is 0 Å². The van der Waals surface area contributed by atoms with E-state index in [9.17, 15) is 0 Å². The highest BCUT2D eigenvalue weighted by atomic mass is 14.8. The molecule has 0 spiro atoms. The van der Waals surface area contributed by atoms with Crippen molar-refractivity contribution in [3.05, 3.63) is 0 Å². The van der Waals surface area contributed by atoms with Crippen LogP contribution in [-0.2, 0) is 0 Å². The third-order valence-corrected chi connectivity index (χ3v) is 1.90. The molecule has 3 nitrogen and oxygen atoms in total. The summed E-state index contributed by atoms with van der Waals surface area (Å²) in [6.07, 6.45) is 3.78. The van der Waals surface area contributed by atoms with Crippen molar-refractivity contribution in [3.8, 4) is 0 Å². The molecule has 0 aromatic heterocycles. The van der Waals surface area contributed by atoms with Crippen molar-refractivity contribution in [1.29, 1.82) is 5.41 Å². The summed E-state index contributed by atoms with van der Waals surface area (Å²) >= 11 is 0. The normalized spacial score (nSPS) is 18.6. The molecule has 1 fully saturated rings. The number of nitrogens with two attached hydrogens (primary N) is 1. The van der Waals surface area contributed by atoms with Gasteiger partial charge in [0.2, 0.25) is 0 Å². The molecule has 1 aliphatic carbocycles. The lowest BCUT2D eigenvalue weighted by atomic mass is 9.97. The van der Waals surface area contributed by atoms with Crippen LogP contribution in [0.5, 0.6) is 0 Å². The second kappa shape index (κ2) is 4.23. The van der Waals surface area contributed by atoms with Crippen molar-refractivity contribution in [2.45, 2.75) is 25.7 Å². The van der Waals surface area contributed by atoms with Crippen molar-refractivity contribution in [3.63, 3.8) is 0 Å². The molecule has 0 aromatic carbocycles. The van der Waals surface area contributed by atoms with Crippen molar-refractivity contribution < 1.29 is 0 Å². The van der Waals surface area contributed by atoms with Crippen molar-refractivity contribution in [2.75, 3.05) is 13.1 Å². The van der Waals surface area contributed by atoms with Crippen LogP contribution in [0.2, 0.25) is 0 Å². The summed E-state index contributed by atoms with van der Waals surface area (Å²) in [5.74, 6) is 0. The van der Waals surface area contributed by atoms with Gasteiger partial charge in [-0.2, -0.15) is 0 Å². The van der Waals surface area contributed by atoms with Gasteiger partial charge in [-0.05, 0) is 25.7 Å². The molecular weight excluding hydrogens is 138 g/mol. The Balaban J connectivity index is 2.32. The highest BCUT2D eigenvalue weighted by Gasteiger charge is 2.09. The molecule has 1 saturated carbocycles. The molecule has 0 aliphatic heterocycles. The average molecular weight is 153 g/mol. The summed E-state index contributed by atoms with van der Waals surface area (Å²) in [5, 5.41) is 7.38. The summed E-state index contributed by atoms with van der Waals surface area (Å²) in [4.78, 5) is 4.33. The Kier molecular flexibility index (Phi) is 3.23. The monoisotopic (exact) mass is 153 g/mol. The molecular formula is C8H15N3. The van der Waals surface area contributed by atoms with Crippen molar-refractivity contribution in [1.82, 2.24) is 0 Å². The van der Waals surface area contributed by atoms with E-state index in [1.54, 1.807) is 0 Å². The van der Waals surface area contributed by atoms with Crippen molar-refractivity contribution >= 4 is 11.4 Å². The Morgan fingerprint density at radius 2 is 1.91 bits per heavy atom. The fraction of sp³-hybridized carbons (Fsp3) is 0.750. The Hall–Kier alpha value is -0.700. The number of nitrogens with zero attached hydrogens (tertiary/aromatic N) is 1. The highest BCUT2D eigenvalue weighted by molar-refractivity contribution is 5.96. The molecule has 11 heavy (non-hydrogen) atoms. The molecule has 3 heteroatoms. The largest absolute Gasteiger partial charge is 0.329 e. The average Bonchev–Trinajstić information content (AvgIpc) is 2.04. The Bertz CT molecular complexity index is 160. The Labute approximate surface area is 67.2 Å². The topological polar surface area (TPSA) is 62.2 Å². The molecule has 1 rings (SSSR count). The lowest BCUT2D eigenvalue weighted by Gasteiger charge is -2.13. The van der Waals surface area contributed by atoms with Gasteiger partial charge < -0.3 is 11.1 Å². The maximum Gasteiger partial charge on any atom is 0.0511 e. The zero-order chi connectivity index (χ0) is 8.10. The zero-order valence-corrected chi connectivity index (χ0v) is 6.77. The molecule has 0 bridgehead atoms. The Morgan fingerprint density at radius 1 is 1.27 bits per heavy atom. The lowest BCUT2D eigenvalue weighted by Crippen LogP contribution is -2.14. The first kappa shape index (κ1) is 8.40. The van der Waals surface area contributed by atoms with Gasteiger partial charge in [-0.1, -0.05) is 0 Å². The summed E-state index contributed by atoms with van der Waals surface area (Å²) < 4.78 is 0. The molecule has 3 N–H and O–H groups in total. The molecule has 0 radical (unpaired) electrons. The van der Waals surface area contributed by atoms with E-state index in [4.69, 9.17) is 11.1 Å². The van der Waals surface area contributed by atoms with Crippen LogP contribution < -0.4 is 5.73 Å². The zero-order valence-electron chi connectivity index (χ0n) is 6.77. The second-order valence-corrected chi connectivity index (χ2v) is 2.84. The maximum atomic E-state index is 7.38. The van der Waals surface area contributed by atoms with E-state index in [0.717, 1.165) is 37.9 Å². The van der Waals surface area contributed by atoms with Gasteiger partial charge in [-0.3, -0.25) is 4.99 Å². The maximum absolute atomic E-state index is 7.38. The first-order chi connectivity index (χ1) is 5.33. The highest BCUT2D eigenvalue weighted by Crippen LogP contribution is 2.11. The van der Waals surface area contributed by atoms with Crippen LogP contribution >= 0.6 is 0 Å². The molecule has 0 aromatic rings. The minimum absolute atomic E-state index is 0.640. The summed E-state index contributed by atoms with van der Waals surface area (Å²) in [6, 6.07) is 0. The van der Waals surface area contributed by atoms with Gasteiger partial charge >= 0.3 is 0 Å². The summed E-state index contributed by atoms with van der Waals surface area (Å²) in [7, 11) is 0. The molecule has 0 heterocycles. The van der Waals surface area contributed by atoms with Gasteiger partial charge in [-0.15, -0.1) is 0 Å². The number of hydrogen-bond acceptors (Lipinski definition) is 3. The van der Waals surface area contributed by atoms with Gasteiger partial charge in [0, 0.05) is 18.0 Å². The van der Waals surface area contributed by atoms with E-state index >= 15 is 0 Å². The van der Waals surface area contributed by atoms with Crippen LogP contribution in [0.15, 0.2) is 4.99 Å². The predicted molar refractivity (Wildman–Crippen MR) is 47.6 cm³/mol. The quantitative estimate of drug-likeness (QED) is 0.610. The van der Waals surface area contributed by atoms with Gasteiger partial charge in [0.1, 0.15) is 0 Å². The standard InChI is InChI=1S/C8H15N3/c9-5-6-11-8-3-1-7(10)2-4-8/h10H,1-6,9H2. The van der Waals surface area contributed by atoms with Gasteiger partial charge in [0.25, 0.3) is 0 Å². The van der Waals surface area contributed by atoms with Gasteiger partial charge in [0.15, 0.2) is 0 Å². The molecule has 0 amide bonds. The molecule has 1 aliphatic rings. The van der Waals surface area contributed by atoms with Crippen LogP contribution in [0.3, 0.4) is 0 Å². The van der Waals surface area contributed by atoms with E-state index in [1.165, 1.54) is 5.71 Å². The smallest absolute Gasteiger partial charge is 0.0511 e. The predicted octanol–water partition coefficient (Wildman–Crippen LogP) is 0.980. The molecule has 0 atom stereocenters. The summed E-state index contributed by atoms with van der Waals surface area (Å²) in [6.45, 7) is 1.39. The second-order valence-electron chi connectivity index (χ2n) is 2.84. The number of nitrogens with one attached hydrogen (secondary N) is 1. The molecule has 0 saturated heterocycles.